The number of hydrogen-bond acceptors (Lipinski definition) is 3. The van der Waals surface area contributed by atoms with Crippen LogP contribution < -0.4 is 5.43 Å². The third kappa shape index (κ3) is 1.84. The molecule has 2 heterocycles. The van der Waals surface area contributed by atoms with Gasteiger partial charge in [-0.2, -0.15) is 0 Å². The van der Waals surface area contributed by atoms with E-state index in [0.29, 0.717) is 13.2 Å². The summed E-state index contributed by atoms with van der Waals surface area (Å²) in [5.41, 5.74) is 0.00448. The van der Waals surface area contributed by atoms with E-state index in [1.54, 1.807) is 0 Å². The molecule has 18 heavy (non-hydrogen) atoms. The molecule has 96 valence electrons. The minimum absolute atomic E-state index is 0.144. The van der Waals surface area contributed by atoms with Crippen molar-refractivity contribution in [3.8, 4) is 0 Å². The lowest BCUT2D eigenvalue weighted by atomic mass is 10.1. The Bertz CT molecular complexity index is 511. The molecule has 2 unspecified atom stereocenters. The lowest BCUT2D eigenvalue weighted by molar-refractivity contribution is -0.0445. The topological polar surface area (TPSA) is 62.4 Å². The summed E-state index contributed by atoms with van der Waals surface area (Å²) in [4.78, 5) is 28.7. The second kappa shape index (κ2) is 4.57. The molecule has 2 aliphatic rings. The molecule has 1 saturated heterocycles. The fourth-order valence-electron chi connectivity index (χ4n) is 2.92. The summed E-state index contributed by atoms with van der Waals surface area (Å²) in [6.45, 7) is 1.14. The number of ether oxygens (including phenoxy) is 1. The minimum atomic E-state index is -0.222. The van der Waals surface area contributed by atoms with Crippen molar-refractivity contribution in [2.75, 3.05) is 13.2 Å². The van der Waals surface area contributed by atoms with Gasteiger partial charge in [-0.1, -0.05) is 0 Å². The largest absolute Gasteiger partial charge is 0.374 e. The average Bonchev–Trinajstić information content (AvgIpc) is 2.86. The van der Waals surface area contributed by atoms with Crippen molar-refractivity contribution in [2.45, 2.75) is 31.4 Å². The van der Waals surface area contributed by atoms with Gasteiger partial charge in [-0.05, 0) is 19.3 Å². The number of nitrogens with one attached hydrogen (secondary N) is 1. The van der Waals surface area contributed by atoms with E-state index in [1.165, 1.54) is 18.5 Å². The van der Waals surface area contributed by atoms with E-state index < -0.39 is 0 Å². The zero-order valence-corrected chi connectivity index (χ0v) is 10.1. The van der Waals surface area contributed by atoms with Gasteiger partial charge in [-0.3, -0.25) is 9.59 Å². The van der Waals surface area contributed by atoms with Gasteiger partial charge in [0, 0.05) is 25.0 Å². The van der Waals surface area contributed by atoms with Crippen LogP contribution in [0.4, 0.5) is 0 Å². The first-order valence-electron chi connectivity index (χ1n) is 6.37. The van der Waals surface area contributed by atoms with Gasteiger partial charge in [0.1, 0.15) is 5.56 Å². The normalized spacial score (nSPS) is 27.0. The van der Waals surface area contributed by atoms with Crippen LogP contribution in [0.2, 0.25) is 0 Å². The number of amides is 1. The van der Waals surface area contributed by atoms with Gasteiger partial charge < -0.3 is 14.6 Å². The number of aromatic amines is 1. The van der Waals surface area contributed by atoms with Gasteiger partial charge in [0.05, 0.1) is 18.8 Å². The van der Waals surface area contributed by atoms with Crippen molar-refractivity contribution in [3.63, 3.8) is 0 Å². The Kier molecular flexibility index (Phi) is 2.91. The Balaban J connectivity index is 1.88. The number of rotatable bonds is 1. The van der Waals surface area contributed by atoms with Crippen molar-refractivity contribution in [1.29, 1.82) is 0 Å². The molecular weight excluding hydrogens is 232 g/mol. The predicted molar refractivity (Wildman–Crippen MR) is 65.5 cm³/mol. The highest BCUT2D eigenvalue weighted by Gasteiger charge is 2.38. The monoisotopic (exact) mass is 248 g/mol. The van der Waals surface area contributed by atoms with Crippen LogP contribution in [-0.4, -0.2) is 41.1 Å². The number of pyridine rings is 1. The van der Waals surface area contributed by atoms with Crippen molar-refractivity contribution >= 4 is 5.91 Å². The smallest absolute Gasteiger partial charge is 0.259 e. The lowest BCUT2D eigenvalue weighted by Crippen LogP contribution is -2.52. The quantitative estimate of drug-likeness (QED) is 0.798. The maximum atomic E-state index is 12.4. The van der Waals surface area contributed by atoms with E-state index in [-0.39, 0.29) is 29.0 Å². The van der Waals surface area contributed by atoms with Crippen LogP contribution >= 0.6 is 0 Å². The van der Waals surface area contributed by atoms with Crippen LogP contribution in [0, 0.1) is 0 Å². The van der Waals surface area contributed by atoms with E-state index in [0.717, 1.165) is 19.3 Å². The Morgan fingerprint density at radius 1 is 1.44 bits per heavy atom. The number of H-pyrrole nitrogens is 1. The SMILES string of the molecule is O=C(c1c[nH]ccc1=O)N1CCOC2CCCC21. The fraction of sp³-hybridized carbons (Fsp3) is 0.538. The van der Waals surface area contributed by atoms with Gasteiger partial charge in [0.25, 0.3) is 5.91 Å². The minimum Gasteiger partial charge on any atom is -0.374 e. The maximum Gasteiger partial charge on any atom is 0.259 e. The number of carbonyl (C=O) groups excluding carboxylic acids is 1. The molecule has 5 heteroatoms. The third-order valence-electron chi connectivity index (χ3n) is 3.80. The van der Waals surface area contributed by atoms with Crippen LogP contribution in [0.25, 0.3) is 0 Å². The average molecular weight is 248 g/mol. The van der Waals surface area contributed by atoms with Gasteiger partial charge in [0.15, 0.2) is 5.43 Å². The fourth-order valence-corrected chi connectivity index (χ4v) is 2.92. The molecule has 3 rings (SSSR count). The van der Waals surface area contributed by atoms with E-state index >= 15 is 0 Å². The van der Waals surface area contributed by atoms with Crippen molar-refractivity contribution in [2.24, 2.45) is 0 Å². The molecule has 1 aromatic rings. The first-order chi connectivity index (χ1) is 8.77. The molecule has 2 atom stereocenters. The second-order valence-corrected chi connectivity index (χ2v) is 4.83. The molecule has 1 aromatic heterocycles. The van der Waals surface area contributed by atoms with Gasteiger partial charge in [-0.15, -0.1) is 0 Å². The number of carbonyl (C=O) groups is 1. The molecular formula is C13H16N2O3. The third-order valence-corrected chi connectivity index (χ3v) is 3.80. The van der Waals surface area contributed by atoms with Crippen LogP contribution in [0.15, 0.2) is 23.3 Å². The molecule has 1 amide bonds. The van der Waals surface area contributed by atoms with Gasteiger partial charge in [0.2, 0.25) is 0 Å². The van der Waals surface area contributed by atoms with Gasteiger partial charge >= 0.3 is 0 Å². The van der Waals surface area contributed by atoms with E-state index in [9.17, 15) is 9.59 Å². The second-order valence-electron chi connectivity index (χ2n) is 4.83. The van der Waals surface area contributed by atoms with Crippen molar-refractivity contribution < 1.29 is 9.53 Å². The molecule has 1 N–H and O–H groups in total. The molecule has 0 radical (unpaired) electrons. The van der Waals surface area contributed by atoms with Crippen molar-refractivity contribution in [3.05, 3.63) is 34.2 Å². The number of aromatic nitrogens is 1. The van der Waals surface area contributed by atoms with Crippen molar-refractivity contribution in [1.82, 2.24) is 9.88 Å². The number of fused-ring (bicyclic) bond motifs is 1. The molecule has 5 nitrogen and oxygen atoms in total. The van der Waals surface area contributed by atoms with Crippen LogP contribution in [0.5, 0.6) is 0 Å². The Labute approximate surface area is 105 Å². The summed E-state index contributed by atoms with van der Waals surface area (Å²) in [6.07, 6.45) is 6.26. The van der Waals surface area contributed by atoms with E-state index in [2.05, 4.69) is 4.98 Å². The highest BCUT2D eigenvalue weighted by Crippen LogP contribution is 2.30. The summed E-state index contributed by atoms with van der Waals surface area (Å²) in [7, 11) is 0. The molecule has 0 aromatic carbocycles. The summed E-state index contributed by atoms with van der Waals surface area (Å²) >= 11 is 0. The van der Waals surface area contributed by atoms with E-state index in [1.807, 2.05) is 4.90 Å². The molecule has 2 fully saturated rings. The van der Waals surface area contributed by atoms with E-state index in [4.69, 9.17) is 4.74 Å². The molecule has 0 bridgehead atoms. The summed E-state index contributed by atoms with van der Waals surface area (Å²) in [6, 6.07) is 1.53. The highest BCUT2D eigenvalue weighted by molar-refractivity contribution is 5.94. The first kappa shape index (κ1) is 11.5. The summed E-state index contributed by atoms with van der Waals surface area (Å²) in [5, 5.41) is 0. The summed E-state index contributed by atoms with van der Waals surface area (Å²) in [5.74, 6) is -0.169. The molecule has 1 saturated carbocycles. The Hall–Kier alpha value is -1.62. The Morgan fingerprint density at radius 2 is 2.33 bits per heavy atom. The summed E-state index contributed by atoms with van der Waals surface area (Å²) < 4.78 is 5.67. The van der Waals surface area contributed by atoms with Crippen LogP contribution in [0.3, 0.4) is 0 Å². The molecule has 1 aliphatic carbocycles. The molecule has 0 spiro atoms. The van der Waals surface area contributed by atoms with Crippen LogP contribution in [0.1, 0.15) is 29.6 Å². The predicted octanol–water partition coefficient (Wildman–Crippen LogP) is 0.768. The first-order valence-corrected chi connectivity index (χ1v) is 6.37. The van der Waals surface area contributed by atoms with Gasteiger partial charge in [-0.25, -0.2) is 0 Å². The molecule has 1 aliphatic heterocycles. The number of nitrogens with zero attached hydrogens (tertiary/aromatic N) is 1. The number of hydrogen-bond donors (Lipinski definition) is 1. The zero-order valence-electron chi connectivity index (χ0n) is 10.1. The Morgan fingerprint density at radius 3 is 3.17 bits per heavy atom. The zero-order chi connectivity index (χ0) is 12.5. The maximum absolute atomic E-state index is 12.4. The van der Waals surface area contributed by atoms with Crippen LogP contribution in [-0.2, 0) is 4.74 Å². The lowest BCUT2D eigenvalue weighted by Gasteiger charge is -2.37. The highest BCUT2D eigenvalue weighted by atomic mass is 16.5. The number of morpholine rings is 1. The standard InChI is InChI=1S/C13H16N2O3/c16-11-4-5-14-8-9(11)13(17)15-6-7-18-12-3-1-2-10(12)15/h4-5,8,10,12H,1-3,6-7H2,(H,14,16).